The fourth-order valence-electron chi connectivity index (χ4n) is 2.03. The van der Waals surface area contributed by atoms with Crippen molar-refractivity contribution in [2.45, 2.75) is 51.3 Å². The number of nitrogens with zero attached hydrogens (tertiary/aromatic N) is 1. The number of likely N-dealkylation sites (tertiary alicyclic amines) is 1. The molecule has 1 unspecified atom stereocenters. The van der Waals surface area contributed by atoms with E-state index >= 15 is 0 Å². The summed E-state index contributed by atoms with van der Waals surface area (Å²) in [5.41, 5.74) is 0. The Hall–Kier alpha value is -0.710. The molecule has 1 amide bonds. The van der Waals surface area contributed by atoms with Crippen LogP contribution in [0.4, 0.5) is 0 Å². The van der Waals surface area contributed by atoms with E-state index in [1.165, 1.54) is 0 Å². The molecule has 1 rings (SSSR count). The van der Waals surface area contributed by atoms with Gasteiger partial charge in [0.25, 0.3) is 0 Å². The Kier molecular flexibility index (Phi) is 6.54. The Morgan fingerprint density at radius 2 is 2.11 bits per heavy atom. The largest absolute Gasteiger partial charge is 0.464 e. The highest BCUT2D eigenvalue weighted by Gasteiger charge is 2.32. The molecule has 0 spiro atoms. The first-order valence-electron chi connectivity index (χ1n) is 6.64. The zero-order valence-electron chi connectivity index (χ0n) is 11.5. The normalized spacial score (nSPS) is 20.0. The lowest BCUT2D eigenvalue weighted by Gasteiger charge is -2.34. The maximum atomic E-state index is 12.1. The molecule has 5 heteroatoms. The number of hydrogen-bond donors (Lipinski definition) is 0. The molecule has 0 aromatic heterocycles. The van der Waals surface area contributed by atoms with Crippen LogP contribution in [-0.4, -0.2) is 47.0 Å². The third-order valence-electron chi connectivity index (χ3n) is 2.92. The molecule has 1 heterocycles. The highest BCUT2D eigenvalue weighted by molar-refractivity contribution is 8.00. The lowest BCUT2D eigenvalue weighted by atomic mass is 10.0. The lowest BCUT2D eigenvalue weighted by molar-refractivity contribution is -0.155. The van der Waals surface area contributed by atoms with Crippen molar-refractivity contribution in [1.29, 1.82) is 0 Å². The van der Waals surface area contributed by atoms with Crippen LogP contribution in [-0.2, 0) is 14.3 Å². The molecule has 0 aromatic rings. The summed E-state index contributed by atoms with van der Waals surface area (Å²) in [5, 5.41) is 0.430. The molecule has 0 N–H and O–H groups in total. The lowest BCUT2D eigenvalue weighted by Crippen LogP contribution is -2.49. The van der Waals surface area contributed by atoms with E-state index in [2.05, 4.69) is 13.8 Å². The van der Waals surface area contributed by atoms with Crippen LogP contribution in [0.1, 0.15) is 40.0 Å². The van der Waals surface area contributed by atoms with Crippen LogP contribution in [0.5, 0.6) is 0 Å². The Labute approximate surface area is 113 Å². The minimum absolute atomic E-state index is 0.0615. The molecular formula is C13H23NO3S. The van der Waals surface area contributed by atoms with E-state index in [-0.39, 0.29) is 17.9 Å². The van der Waals surface area contributed by atoms with Gasteiger partial charge in [-0.25, -0.2) is 4.79 Å². The van der Waals surface area contributed by atoms with Crippen molar-refractivity contribution in [2.75, 3.05) is 18.9 Å². The van der Waals surface area contributed by atoms with Gasteiger partial charge in [-0.1, -0.05) is 13.8 Å². The maximum Gasteiger partial charge on any atom is 0.328 e. The third kappa shape index (κ3) is 4.52. The molecule has 0 saturated carbocycles. The van der Waals surface area contributed by atoms with Crippen molar-refractivity contribution >= 4 is 23.6 Å². The molecule has 1 fully saturated rings. The van der Waals surface area contributed by atoms with E-state index in [1.54, 1.807) is 23.6 Å². The topological polar surface area (TPSA) is 46.6 Å². The van der Waals surface area contributed by atoms with Gasteiger partial charge in [-0.05, 0) is 31.4 Å². The first-order valence-corrected chi connectivity index (χ1v) is 7.68. The predicted molar refractivity (Wildman–Crippen MR) is 73.6 cm³/mol. The van der Waals surface area contributed by atoms with Gasteiger partial charge in [-0.2, -0.15) is 0 Å². The molecular weight excluding hydrogens is 250 g/mol. The van der Waals surface area contributed by atoms with E-state index in [4.69, 9.17) is 4.74 Å². The van der Waals surface area contributed by atoms with Crippen molar-refractivity contribution in [2.24, 2.45) is 0 Å². The highest BCUT2D eigenvalue weighted by Crippen LogP contribution is 2.20. The summed E-state index contributed by atoms with van der Waals surface area (Å²) in [7, 11) is 0. The molecule has 0 aliphatic carbocycles. The summed E-state index contributed by atoms with van der Waals surface area (Å²) >= 11 is 1.62. The molecule has 1 aliphatic rings. The number of thioether (sulfide) groups is 1. The quantitative estimate of drug-likeness (QED) is 0.719. The van der Waals surface area contributed by atoms with Crippen molar-refractivity contribution in [3.05, 3.63) is 0 Å². The molecule has 18 heavy (non-hydrogen) atoms. The van der Waals surface area contributed by atoms with Crippen LogP contribution in [0, 0.1) is 0 Å². The van der Waals surface area contributed by atoms with Crippen LogP contribution < -0.4 is 0 Å². The van der Waals surface area contributed by atoms with Crippen LogP contribution >= 0.6 is 11.8 Å². The predicted octanol–water partition coefficient (Wildman–Crippen LogP) is 2.07. The SMILES string of the molecule is CCOC(=O)C1CCCCN1C(=O)CSC(C)C. The minimum Gasteiger partial charge on any atom is -0.464 e. The van der Waals surface area contributed by atoms with Crippen LogP contribution in [0.25, 0.3) is 0 Å². The summed E-state index contributed by atoms with van der Waals surface area (Å²) in [6, 6.07) is -0.362. The summed E-state index contributed by atoms with van der Waals surface area (Å²) in [6.07, 6.45) is 2.70. The van der Waals surface area contributed by atoms with Crippen LogP contribution in [0.2, 0.25) is 0 Å². The number of ether oxygens (including phenoxy) is 1. The highest BCUT2D eigenvalue weighted by atomic mass is 32.2. The number of piperidine rings is 1. The molecule has 1 aliphatic heterocycles. The summed E-state index contributed by atoms with van der Waals surface area (Å²) in [5.74, 6) is 0.264. The third-order valence-corrected chi connectivity index (χ3v) is 4.00. The number of esters is 1. The Morgan fingerprint density at radius 3 is 2.72 bits per heavy atom. The second-order valence-corrected chi connectivity index (χ2v) is 6.28. The van der Waals surface area contributed by atoms with E-state index in [9.17, 15) is 9.59 Å². The number of rotatable bonds is 5. The van der Waals surface area contributed by atoms with Gasteiger partial charge in [-0.15, -0.1) is 11.8 Å². The standard InChI is InChI=1S/C13H23NO3S/c1-4-17-13(16)11-7-5-6-8-14(11)12(15)9-18-10(2)3/h10-11H,4-9H2,1-3H3. The van der Waals surface area contributed by atoms with E-state index in [0.717, 1.165) is 19.3 Å². The van der Waals surface area contributed by atoms with Crippen LogP contribution in [0.3, 0.4) is 0 Å². The Morgan fingerprint density at radius 1 is 1.39 bits per heavy atom. The Bertz CT molecular complexity index is 294. The van der Waals surface area contributed by atoms with Gasteiger partial charge in [0.05, 0.1) is 12.4 Å². The Balaban J connectivity index is 2.58. The van der Waals surface area contributed by atoms with E-state index in [1.807, 2.05) is 0 Å². The second-order valence-electron chi connectivity index (χ2n) is 4.71. The maximum absolute atomic E-state index is 12.1. The molecule has 4 nitrogen and oxygen atoms in total. The smallest absolute Gasteiger partial charge is 0.328 e. The number of carbonyl (C=O) groups is 2. The first-order chi connectivity index (χ1) is 8.56. The van der Waals surface area contributed by atoms with Gasteiger partial charge in [-0.3, -0.25) is 4.79 Å². The summed E-state index contributed by atoms with van der Waals surface area (Å²) < 4.78 is 5.05. The molecule has 0 bridgehead atoms. The zero-order valence-corrected chi connectivity index (χ0v) is 12.3. The average molecular weight is 273 g/mol. The monoisotopic (exact) mass is 273 g/mol. The van der Waals surface area contributed by atoms with Crippen molar-refractivity contribution in [1.82, 2.24) is 4.90 Å². The number of amides is 1. The van der Waals surface area contributed by atoms with Crippen molar-refractivity contribution in [3.8, 4) is 0 Å². The molecule has 104 valence electrons. The first kappa shape index (κ1) is 15.3. The zero-order chi connectivity index (χ0) is 13.5. The van der Waals surface area contributed by atoms with Crippen LogP contribution in [0.15, 0.2) is 0 Å². The van der Waals surface area contributed by atoms with Crippen molar-refractivity contribution < 1.29 is 14.3 Å². The van der Waals surface area contributed by atoms with E-state index < -0.39 is 0 Å². The van der Waals surface area contributed by atoms with Gasteiger partial charge in [0.15, 0.2) is 0 Å². The summed E-state index contributed by atoms with van der Waals surface area (Å²) in [4.78, 5) is 25.7. The second kappa shape index (κ2) is 7.67. The van der Waals surface area contributed by atoms with Gasteiger partial charge < -0.3 is 9.64 Å². The van der Waals surface area contributed by atoms with Gasteiger partial charge in [0.2, 0.25) is 5.91 Å². The van der Waals surface area contributed by atoms with Gasteiger partial charge >= 0.3 is 5.97 Å². The number of hydrogen-bond acceptors (Lipinski definition) is 4. The van der Waals surface area contributed by atoms with Gasteiger partial charge in [0, 0.05) is 6.54 Å². The number of carbonyl (C=O) groups excluding carboxylic acids is 2. The van der Waals surface area contributed by atoms with Gasteiger partial charge in [0.1, 0.15) is 6.04 Å². The fraction of sp³-hybridized carbons (Fsp3) is 0.846. The minimum atomic E-state index is -0.362. The average Bonchev–Trinajstić information content (AvgIpc) is 2.36. The molecule has 1 saturated heterocycles. The molecule has 0 radical (unpaired) electrons. The van der Waals surface area contributed by atoms with Crippen molar-refractivity contribution in [3.63, 3.8) is 0 Å². The van der Waals surface area contributed by atoms with E-state index in [0.29, 0.717) is 24.2 Å². The fourth-order valence-corrected chi connectivity index (χ4v) is 2.68. The summed E-state index contributed by atoms with van der Waals surface area (Å²) in [6.45, 7) is 6.98. The molecule has 0 aromatic carbocycles. The molecule has 1 atom stereocenters.